The molecule has 2 aromatic rings. The van der Waals surface area contributed by atoms with E-state index in [4.69, 9.17) is 4.52 Å². The Morgan fingerprint density at radius 1 is 1.50 bits per heavy atom. The fraction of sp³-hybridized carbons (Fsp3) is 0.714. The van der Waals surface area contributed by atoms with Gasteiger partial charge in [0.05, 0.1) is 6.04 Å². The van der Waals surface area contributed by atoms with Crippen LogP contribution in [0.4, 0.5) is 0 Å². The first-order valence-electron chi connectivity index (χ1n) is 7.83. The summed E-state index contributed by atoms with van der Waals surface area (Å²) < 4.78 is 5.44. The standard InChI is InChI=1S/C14H22N6OS/c1-3-22-11-6-4-5-7-20(8-11)10(2)14-17-13(19-21-14)12-15-9-16-18-12/h9-11H,3-8H2,1-2H3,(H,15,16,18)/t10-,11+/m1/s1. The fourth-order valence-corrected chi connectivity index (χ4v) is 3.93. The van der Waals surface area contributed by atoms with Gasteiger partial charge in [-0.05, 0) is 32.1 Å². The third-order valence-corrected chi connectivity index (χ3v) is 5.23. The van der Waals surface area contributed by atoms with Gasteiger partial charge in [-0.25, -0.2) is 4.98 Å². The summed E-state index contributed by atoms with van der Waals surface area (Å²) in [5, 5.41) is 11.3. The first kappa shape index (κ1) is 15.5. The Kier molecular flexibility index (Phi) is 5.09. The Balaban J connectivity index is 1.70. The normalized spacial score (nSPS) is 21.6. The van der Waals surface area contributed by atoms with Crippen LogP contribution in [0.2, 0.25) is 0 Å². The van der Waals surface area contributed by atoms with Crippen LogP contribution in [0.3, 0.4) is 0 Å². The lowest BCUT2D eigenvalue weighted by Gasteiger charge is -2.27. The van der Waals surface area contributed by atoms with Gasteiger partial charge in [-0.1, -0.05) is 18.5 Å². The van der Waals surface area contributed by atoms with Gasteiger partial charge in [-0.15, -0.1) is 0 Å². The van der Waals surface area contributed by atoms with E-state index in [1.807, 2.05) is 0 Å². The third-order valence-electron chi connectivity index (χ3n) is 4.04. The highest BCUT2D eigenvalue weighted by molar-refractivity contribution is 7.99. The molecule has 1 aliphatic rings. The van der Waals surface area contributed by atoms with E-state index in [1.54, 1.807) is 0 Å². The smallest absolute Gasteiger partial charge is 0.244 e. The van der Waals surface area contributed by atoms with Crippen molar-refractivity contribution in [3.63, 3.8) is 0 Å². The maximum absolute atomic E-state index is 5.44. The molecule has 8 heteroatoms. The molecule has 0 bridgehead atoms. The van der Waals surface area contributed by atoms with Gasteiger partial charge in [-0.2, -0.15) is 21.8 Å². The van der Waals surface area contributed by atoms with Crippen molar-refractivity contribution < 1.29 is 4.52 Å². The summed E-state index contributed by atoms with van der Waals surface area (Å²) in [6.07, 6.45) is 5.27. The average molecular weight is 322 g/mol. The molecule has 0 aliphatic carbocycles. The van der Waals surface area contributed by atoms with Gasteiger partial charge < -0.3 is 4.52 Å². The third kappa shape index (κ3) is 3.49. The molecule has 1 fully saturated rings. The topological polar surface area (TPSA) is 83.7 Å². The minimum Gasteiger partial charge on any atom is -0.337 e. The Morgan fingerprint density at radius 2 is 2.41 bits per heavy atom. The van der Waals surface area contributed by atoms with Gasteiger partial charge in [0.2, 0.25) is 11.7 Å². The Morgan fingerprint density at radius 3 is 3.18 bits per heavy atom. The summed E-state index contributed by atoms with van der Waals surface area (Å²) in [6, 6.07) is 0.127. The highest BCUT2D eigenvalue weighted by Crippen LogP contribution is 2.28. The number of hydrogen-bond acceptors (Lipinski definition) is 7. The lowest BCUT2D eigenvalue weighted by Crippen LogP contribution is -2.32. The molecule has 1 saturated heterocycles. The zero-order valence-electron chi connectivity index (χ0n) is 13.0. The number of rotatable bonds is 5. The molecule has 1 N–H and O–H groups in total. The van der Waals surface area contributed by atoms with E-state index >= 15 is 0 Å². The molecule has 2 atom stereocenters. The van der Waals surface area contributed by atoms with E-state index in [0.29, 0.717) is 22.8 Å². The zero-order chi connectivity index (χ0) is 15.4. The van der Waals surface area contributed by atoms with Crippen LogP contribution in [0.1, 0.15) is 45.0 Å². The van der Waals surface area contributed by atoms with Gasteiger partial charge in [0.1, 0.15) is 6.33 Å². The number of hydrogen-bond donors (Lipinski definition) is 1. The lowest BCUT2D eigenvalue weighted by molar-refractivity contribution is 0.180. The maximum Gasteiger partial charge on any atom is 0.244 e. The number of H-pyrrole nitrogens is 1. The number of aromatic nitrogens is 5. The fourth-order valence-electron chi connectivity index (χ4n) is 2.83. The van der Waals surface area contributed by atoms with Crippen LogP contribution >= 0.6 is 11.8 Å². The van der Waals surface area contributed by atoms with Gasteiger partial charge in [0, 0.05) is 11.8 Å². The van der Waals surface area contributed by atoms with Gasteiger partial charge in [0.25, 0.3) is 0 Å². The molecule has 0 radical (unpaired) electrons. The predicted octanol–water partition coefficient (Wildman–Crippen LogP) is 2.52. The predicted molar refractivity (Wildman–Crippen MR) is 85.4 cm³/mol. The van der Waals surface area contributed by atoms with E-state index in [1.165, 1.54) is 31.3 Å². The summed E-state index contributed by atoms with van der Waals surface area (Å²) >= 11 is 2.05. The van der Waals surface area contributed by atoms with Crippen molar-refractivity contribution in [3.05, 3.63) is 12.2 Å². The Bertz CT molecular complexity index is 572. The van der Waals surface area contributed by atoms with Crippen molar-refractivity contribution in [1.29, 1.82) is 0 Å². The van der Waals surface area contributed by atoms with Crippen LogP contribution in [-0.2, 0) is 0 Å². The first-order valence-corrected chi connectivity index (χ1v) is 8.87. The molecule has 0 unspecified atom stereocenters. The molecule has 0 spiro atoms. The molecule has 0 amide bonds. The molecule has 2 aromatic heterocycles. The highest BCUT2D eigenvalue weighted by Gasteiger charge is 2.26. The van der Waals surface area contributed by atoms with Crippen molar-refractivity contribution >= 4 is 11.8 Å². The van der Waals surface area contributed by atoms with E-state index in [2.05, 4.69) is 55.8 Å². The van der Waals surface area contributed by atoms with Crippen molar-refractivity contribution in [1.82, 2.24) is 30.2 Å². The van der Waals surface area contributed by atoms with Gasteiger partial charge >= 0.3 is 0 Å². The molecule has 3 rings (SSSR count). The zero-order valence-corrected chi connectivity index (χ0v) is 13.8. The van der Waals surface area contributed by atoms with Gasteiger partial charge in [-0.3, -0.25) is 10.00 Å². The van der Waals surface area contributed by atoms with Crippen LogP contribution in [0, 0.1) is 0 Å². The SMILES string of the molecule is CCS[C@H]1CCCCN([C@H](C)c2nc(-c3ncn[nH]3)no2)C1. The Labute approximate surface area is 134 Å². The number of likely N-dealkylation sites (tertiary alicyclic amines) is 1. The molecule has 1 aliphatic heterocycles. The summed E-state index contributed by atoms with van der Waals surface area (Å²) in [5.41, 5.74) is 0. The second kappa shape index (κ2) is 7.23. The monoisotopic (exact) mass is 322 g/mol. The second-order valence-electron chi connectivity index (χ2n) is 5.53. The lowest BCUT2D eigenvalue weighted by atomic mass is 10.2. The number of nitrogens with one attached hydrogen (secondary N) is 1. The maximum atomic E-state index is 5.44. The van der Waals surface area contributed by atoms with E-state index in [9.17, 15) is 0 Å². The van der Waals surface area contributed by atoms with E-state index in [-0.39, 0.29) is 6.04 Å². The molecule has 120 valence electrons. The minimum absolute atomic E-state index is 0.127. The first-order chi connectivity index (χ1) is 10.8. The van der Waals surface area contributed by atoms with Crippen LogP contribution in [0.25, 0.3) is 11.6 Å². The Hall–Kier alpha value is -1.41. The molecular weight excluding hydrogens is 300 g/mol. The van der Waals surface area contributed by atoms with Crippen LogP contribution in [-0.4, -0.2) is 54.3 Å². The van der Waals surface area contributed by atoms with E-state index < -0.39 is 0 Å². The van der Waals surface area contributed by atoms with E-state index in [0.717, 1.165) is 13.1 Å². The molecule has 0 saturated carbocycles. The quantitative estimate of drug-likeness (QED) is 0.905. The highest BCUT2D eigenvalue weighted by atomic mass is 32.2. The summed E-state index contributed by atoms with van der Waals surface area (Å²) in [7, 11) is 0. The minimum atomic E-state index is 0.127. The summed E-state index contributed by atoms with van der Waals surface area (Å²) in [4.78, 5) is 11.0. The molecule has 7 nitrogen and oxygen atoms in total. The number of thioether (sulfide) groups is 1. The van der Waals surface area contributed by atoms with Crippen molar-refractivity contribution in [2.75, 3.05) is 18.8 Å². The molecule has 3 heterocycles. The van der Waals surface area contributed by atoms with Gasteiger partial charge in [0.15, 0.2) is 5.82 Å². The van der Waals surface area contributed by atoms with Crippen LogP contribution < -0.4 is 0 Å². The number of aromatic amines is 1. The molecular formula is C14H22N6OS. The largest absolute Gasteiger partial charge is 0.337 e. The van der Waals surface area contributed by atoms with Crippen molar-refractivity contribution in [2.24, 2.45) is 0 Å². The number of nitrogens with zero attached hydrogens (tertiary/aromatic N) is 5. The van der Waals surface area contributed by atoms with Crippen LogP contribution in [0.5, 0.6) is 0 Å². The second-order valence-corrected chi connectivity index (χ2v) is 7.11. The van der Waals surface area contributed by atoms with Crippen molar-refractivity contribution in [2.45, 2.75) is 44.4 Å². The molecule has 0 aromatic carbocycles. The van der Waals surface area contributed by atoms with Crippen LogP contribution in [0.15, 0.2) is 10.9 Å². The molecule has 22 heavy (non-hydrogen) atoms. The van der Waals surface area contributed by atoms with Crippen molar-refractivity contribution in [3.8, 4) is 11.6 Å². The average Bonchev–Trinajstić information content (AvgIpc) is 3.15. The summed E-state index contributed by atoms with van der Waals surface area (Å²) in [6.45, 7) is 6.53. The summed E-state index contributed by atoms with van der Waals surface area (Å²) in [5.74, 6) is 2.82.